The van der Waals surface area contributed by atoms with E-state index in [2.05, 4.69) is 51.8 Å². The molecule has 106 valence electrons. The van der Waals surface area contributed by atoms with Crippen molar-refractivity contribution in [3.63, 3.8) is 0 Å². The summed E-state index contributed by atoms with van der Waals surface area (Å²) in [6, 6.07) is 11.1. The highest BCUT2D eigenvalue weighted by Crippen LogP contribution is 2.34. The summed E-state index contributed by atoms with van der Waals surface area (Å²) in [5.41, 5.74) is 5.98. The summed E-state index contributed by atoms with van der Waals surface area (Å²) < 4.78 is 2.96. The second-order valence-corrected chi connectivity index (χ2v) is 6.18. The van der Waals surface area contributed by atoms with Crippen molar-refractivity contribution >= 4 is 23.4 Å². The van der Waals surface area contributed by atoms with Gasteiger partial charge < -0.3 is 4.98 Å². The third-order valence-electron chi connectivity index (χ3n) is 4.34. The van der Waals surface area contributed by atoms with Crippen LogP contribution in [-0.4, -0.2) is 14.5 Å². The van der Waals surface area contributed by atoms with Gasteiger partial charge in [0.25, 0.3) is 0 Å². The molecular weight excluding hydrogens is 278 g/mol. The first kappa shape index (κ1) is 12.8. The van der Waals surface area contributed by atoms with Crippen LogP contribution in [0.1, 0.15) is 35.6 Å². The van der Waals surface area contributed by atoms with E-state index in [1.807, 2.05) is 6.20 Å². The molecule has 0 bridgehead atoms. The third-order valence-corrected chi connectivity index (χ3v) is 4.64. The number of pyridine rings is 1. The van der Waals surface area contributed by atoms with Gasteiger partial charge in [-0.1, -0.05) is 24.3 Å². The molecule has 1 N–H and O–H groups in total. The summed E-state index contributed by atoms with van der Waals surface area (Å²) >= 11 is 5.57. The molecule has 0 saturated carbocycles. The molecule has 0 aliphatic heterocycles. The van der Waals surface area contributed by atoms with Gasteiger partial charge in [0, 0.05) is 6.20 Å². The second kappa shape index (κ2) is 4.81. The number of rotatable bonds is 1. The fourth-order valence-corrected chi connectivity index (χ4v) is 3.73. The Morgan fingerprint density at radius 1 is 1.33 bits per heavy atom. The molecule has 1 atom stereocenters. The summed E-state index contributed by atoms with van der Waals surface area (Å²) in [7, 11) is 0. The Hall–Kier alpha value is -1.94. The van der Waals surface area contributed by atoms with Crippen molar-refractivity contribution in [1.82, 2.24) is 14.5 Å². The van der Waals surface area contributed by atoms with Crippen LogP contribution in [0.4, 0.5) is 0 Å². The lowest BCUT2D eigenvalue weighted by Crippen LogP contribution is -2.17. The molecule has 0 spiro atoms. The molecule has 2 aromatic heterocycles. The Labute approximate surface area is 128 Å². The molecule has 0 saturated heterocycles. The first-order valence-corrected chi connectivity index (χ1v) is 7.79. The number of aromatic amines is 1. The van der Waals surface area contributed by atoms with E-state index < -0.39 is 0 Å². The Morgan fingerprint density at radius 3 is 3.10 bits per heavy atom. The summed E-state index contributed by atoms with van der Waals surface area (Å²) in [6.07, 6.45) is 5.39. The molecule has 0 radical (unpaired) electrons. The number of imidazole rings is 1. The van der Waals surface area contributed by atoms with Crippen LogP contribution in [0.15, 0.2) is 36.5 Å². The lowest BCUT2D eigenvalue weighted by atomic mass is 9.87. The van der Waals surface area contributed by atoms with E-state index in [0.717, 1.165) is 34.3 Å². The van der Waals surface area contributed by atoms with Gasteiger partial charge in [0.05, 0.1) is 11.6 Å². The third kappa shape index (κ3) is 2.02. The molecule has 0 amide bonds. The summed E-state index contributed by atoms with van der Waals surface area (Å²) in [5.74, 6) is 0. The lowest BCUT2D eigenvalue weighted by Gasteiger charge is -2.26. The fourth-order valence-electron chi connectivity index (χ4n) is 3.40. The SMILES string of the molecule is Cc1cnc2c(c1)[nH]c(=S)n2C1CCCc2ccccc21. The number of nitrogens with one attached hydrogen (secondary N) is 1. The van der Waals surface area contributed by atoms with Crippen LogP contribution in [0.5, 0.6) is 0 Å². The maximum absolute atomic E-state index is 5.57. The highest BCUT2D eigenvalue weighted by molar-refractivity contribution is 7.71. The molecule has 4 heteroatoms. The molecule has 1 aliphatic rings. The number of hydrogen-bond acceptors (Lipinski definition) is 2. The average molecular weight is 295 g/mol. The number of aromatic nitrogens is 3. The molecule has 1 aliphatic carbocycles. The van der Waals surface area contributed by atoms with Gasteiger partial charge in [-0.25, -0.2) is 4.98 Å². The van der Waals surface area contributed by atoms with Crippen molar-refractivity contribution in [3.05, 3.63) is 58.0 Å². The van der Waals surface area contributed by atoms with Crippen molar-refractivity contribution < 1.29 is 0 Å². The Bertz CT molecular complexity index is 875. The number of hydrogen-bond donors (Lipinski definition) is 1. The van der Waals surface area contributed by atoms with E-state index in [1.165, 1.54) is 17.5 Å². The summed E-state index contributed by atoms with van der Waals surface area (Å²) in [6.45, 7) is 2.05. The van der Waals surface area contributed by atoms with Crippen LogP contribution in [0, 0.1) is 11.7 Å². The first-order chi connectivity index (χ1) is 10.2. The summed E-state index contributed by atoms with van der Waals surface area (Å²) in [5, 5.41) is 0. The van der Waals surface area contributed by atoms with E-state index >= 15 is 0 Å². The van der Waals surface area contributed by atoms with Crippen LogP contribution >= 0.6 is 12.2 Å². The molecule has 0 fully saturated rings. The molecule has 1 unspecified atom stereocenters. The van der Waals surface area contributed by atoms with Crippen molar-refractivity contribution in [2.75, 3.05) is 0 Å². The second-order valence-electron chi connectivity index (χ2n) is 5.79. The van der Waals surface area contributed by atoms with Gasteiger partial charge in [-0.15, -0.1) is 0 Å². The minimum absolute atomic E-state index is 0.298. The quantitative estimate of drug-likeness (QED) is 0.678. The Morgan fingerprint density at radius 2 is 2.19 bits per heavy atom. The zero-order chi connectivity index (χ0) is 14.4. The normalized spacial score (nSPS) is 17.9. The van der Waals surface area contributed by atoms with Crippen LogP contribution < -0.4 is 0 Å². The van der Waals surface area contributed by atoms with Gasteiger partial charge in [0.15, 0.2) is 10.4 Å². The number of benzene rings is 1. The van der Waals surface area contributed by atoms with Gasteiger partial charge in [-0.05, 0) is 61.2 Å². The maximum Gasteiger partial charge on any atom is 0.179 e. The van der Waals surface area contributed by atoms with E-state index in [9.17, 15) is 0 Å². The smallest absolute Gasteiger partial charge is 0.179 e. The molecule has 4 rings (SSSR count). The van der Waals surface area contributed by atoms with Gasteiger partial charge >= 0.3 is 0 Å². The minimum Gasteiger partial charge on any atom is -0.329 e. The largest absolute Gasteiger partial charge is 0.329 e. The number of fused-ring (bicyclic) bond motifs is 2. The molecular formula is C17H17N3S. The van der Waals surface area contributed by atoms with Gasteiger partial charge in [-0.3, -0.25) is 4.57 Å². The average Bonchev–Trinajstić information content (AvgIpc) is 2.81. The maximum atomic E-state index is 5.57. The van der Waals surface area contributed by atoms with Crippen LogP contribution in [0.3, 0.4) is 0 Å². The van der Waals surface area contributed by atoms with E-state index in [1.54, 1.807) is 0 Å². The van der Waals surface area contributed by atoms with Crippen LogP contribution in [-0.2, 0) is 6.42 Å². The van der Waals surface area contributed by atoms with Crippen molar-refractivity contribution in [2.24, 2.45) is 0 Å². The monoisotopic (exact) mass is 295 g/mol. The van der Waals surface area contributed by atoms with E-state index in [4.69, 9.17) is 12.2 Å². The van der Waals surface area contributed by atoms with E-state index in [-0.39, 0.29) is 0 Å². The highest BCUT2D eigenvalue weighted by atomic mass is 32.1. The predicted octanol–water partition coefficient (Wildman–Crippen LogP) is 4.33. The molecule has 3 nitrogen and oxygen atoms in total. The van der Waals surface area contributed by atoms with E-state index in [0.29, 0.717) is 6.04 Å². The Balaban J connectivity index is 1.96. The Kier molecular flexibility index (Phi) is 2.93. The number of aryl methyl sites for hydroxylation is 2. The first-order valence-electron chi connectivity index (χ1n) is 7.39. The van der Waals surface area contributed by atoms with Crippen molar-refractivity contribution in [2.45, 2.75) is 32.2 Å². The highest BCUT2D eigenvalue weighted by Gasteiger charge is 2.23. The molecule has 2 heterocycles. The van der Waals surface area contributed by atoms with Gasteiger partial charge in [-0.2, -0.15) is 0 Å². The van der Waals surface area contributed by atoms with Gasteiger partial charge in [0.2, 0.25) is 0 Å². The minimum atomic E-state index is 0.298. The summed E-state index contributed by atoms with van der Waals surface area (Å²) in [4.78, 5) is 7.93. The lowest BCUT2D eigenvalue weighted by molar-refractivity contribution is 0.493. The van der Waals surface area contributed by atoms with Crippen molar-refractivity contribution in [3.8, 4) is 0 Å². The molecule has 3 aromatic rings. The zero-order valence-corrected chi connectivity index (χ0v) is 12.8. The van der Waals surface area contributed by atoms with Crippen molar-refractivity contribution in [1.29, 1.82) is 0 Å². The predicted molar refractivity (Wildman–Crippen MR) is 87.2 cm³/mol. The number of H-pyrrole nitrogens is 1. The zero-order valence-electron chi connectivity index (χ0n) is 12.0. The van der Waals surface area contributed by atoms with Gasteiger partial charge in [0.1, 0.15) is 0 Å². The molecule has 1 aromatic carbocycles. The topological polar surface area (TPSA) is 33.6 Å². The molecule has 21 heavy (non-hydrogen) atoms. The number of nitrogens with zero attached hydrogens (tertiary/aromatic N) is 2. The van der Waals surface area contributed by atoms with Crippen LogP contribution in [0.2, 0.25) is 0 Å². The van der Waals surface area contributed by atoms with Crippen LogP contribution in [0.25, 0.3) is 11.2 Å². The fraction of sp³-hybridized carbons (Fsp3) is 0.294. The standard InChI is InChI=1S/C17H17N3S/c1-11-9-14-16(18-10-11)20(17(21)19-14)15-8-4-6-12-5-2-3-7-13(12)15/h2-3,5,7,9-10,15H,4,6,8H2,1H3,(H,19,21).